The fourth-order valence-electron chi connectivity index (χ4n) is 2.37. The van der Waals surface area contributed by atoms with E-state index in [1.54, 1.807) is 12.3 Å². The number of hydrogen-bond acceptors (Lipinski definition) is 4. The lowest BCUT2D eigenvalue weighted by Gasteiger charge is -2.15. The van der Waals surface area contributed by atoms with Gasteiger partial charge >= 0.3 is 0 Å². The molecule has 1 aromatic carbocycles. The molecule has 21 heavy (non-hydrogen) atoms. The molecule has 2 heterocycles. The molecule has 108 valence electrons. The molecule has 0 saturated carbocycles. The molecule has 2 aromatic heterocycles. The summed E-state index contributed by atoms with van der Waals surface area (Å²) in [6.45, 7) is 3.24. The molecular formula is C16H17N3O2. The van der Waals surface area contributed by atoms with E-state index in [0.717, 1.165) is 23.3 Å². The van der Waals surface area contributed by atoms with Gasteiger partial charge in [0.05, 0.1) is 12.6 Å². The van der Waals surface area contributed by atoms with E-state index >= 15 is 0 Å². The second-order valence-corrected chi connectivity index (χ2v) is 4.84. The number of benzene rings is 1. The maximum absolute atomic E-state index is 11.8. The van der Waals surface area contributed by atoms with Gasteiger partial charge in [0.25, 0.3) is 5.56 Å². The van der Waals surface area contributed by atoms with Gasteiger partial charge in [-0.15, -0.1) is 0 Å². The fourth-order valence-corrected chi connectivity index (χ4v) is 2.37. The molecule has 1 unspecified atom stereocenters. The first kappa shape index (κ1) is 13.6. The summed E-state index contributed by atoms with van der Waals surface area (Å²) >= 11 is 0. The highest BCUT2D eigenvalue weighted by Gasteiger charge is 2.17. The number of furan rings is 1. The quantitative estimate of drug-likeness (QED) is 0.780. The summed E-state index contributed by atoms with van der Waals surface area (Å²) < 4.78 is 7.33. The van der Waals surface area contributed by atoms with Crippen molar-refractivity contribution in [1.29, 1.82) is 0 Å². The first-order valence-electron chi connectivity index (χ1n) is 7.02. The molecule has 0 spiro atoms. The SMILES string of the molecule is CCNC(Cn1ncccc1=O)c1cc2ccccc2o1. The topological polar surface area (TPSA) is 60.1 Å². The van der Waals surface area contributed by atoms with Crippen LogP contribution in [0.15, 0.2) is 57.9 Å². The Morgan fingerprint density at radius 2 is 2.14 bits per heavy atom. The molecule has 0 aliphatic carbocycles. The predicted octanol–water partition coefficient (Wildman–Crippen LogP) is 2.34. The van der Waals surface area contributed by atoms with E-state index < -0.39 is 0 Å². The summed E-state index contributed by atoms with van der Waals surface area (Å²) in [5, 5.41) is 8.50. The Kier molecular flexibility index (Phi) is 3.83. The predicted molar refractivity (Wildman–Crippen MR) is 81.1 cm³/mol. The highest BCUT2D eigenvalue weighted by atomic mass is 16.3. The average molecular weight is 283 g/mol. The first-order valence-corrected chi connectivity index (χ1v) is 7.02. The summed E-state index contributed by atoms with van der Waals surface area (Å²) in [5.74, 6) is 0.815. The van der Waals surface area contributed by atoms with Crippen LogP contribution in [0.4, 0.5) is 0 Å². The van der Waals surface area contributed by atoms with Crippen LogP contribution in [0.5, 0.6) is 0 Å². The maximum Gasteiger partial charge on any atom is 0.266 e. The summed E-state index contributed by atoms with van der Waals surface area (Å²) in [4.78, 5) is 11.8. The number of nitrogens with zero attached hydrogens (tertiary/aromatic N) is 2. The van der Waals surface area contributed by atoms with Crippen LogP contribution in [-0.4, -0.2) is 16.3 Å². The van der Waals surface area contributed by atoms with Gasteiger partial charge in [-0.25, -0.2) is 4.68 Å². The van der Waals surface area contributed by atoms with Crippen molar-refractivity contribution in [2.45, 2.75) is 19.5 Å². The number of aromatic nitrogens is 2. The third kappa shape index (κ3) is 2.87. The zero-order valence-electron chi connectivity index (χ0n) is 11.8. The van der Waals surface area contributed by atoms with Crippen LogP contribution in [0.1, 0.15) is 18.7 Å². The van der Waals surface area contributed by atoms with Gasteiger partial charge in [0.2, 0.25) is 0 Å². The van der Waals surface area contributed by atoms with E-state index in [-0.39, 0.29) is 11.6 Å². The van der Waals surface area contributed by atoms with Gasteiger partial charge < -0.3 is 9.73 Å². The molecule has 1 N–H and O–H groups in total. The molecule has 0 aliphatic heterocycles. The lowest BCUT2D eigenvalue weighted by molar-refractivity contribution is 0.374. The number of rotatable bonds is 5. The minimum Gasteiger partial charge on any atom is -0.459 e. The molecule has 0 aliphatic rings. The highest BCUT2D eigenvalue weighted by molar-refractivity contribution is 5.77. The monoisotopic (exact) mass is 283 g/mol. The van der Waals surface area contributed by atoms with Crippen molar-refractivity contribution < 1.29 is 4.42 Å². The Morgan fingerprint density at radius 3 is 2.90 bits per heavy atom. The Labute approximate surface area is 122 Å². The molecule has 3 rings (SSSR count). The largest absolute Gasteiger partial charge is 0.459 e. The third-order valence-corrected chi connectivity index (χ3v) is 3.38. The second kappa shape index (κ2) is 5.93. The van der Waals surface area contributed by atoms with Gasteiger partial charge in [-0.2, -0.15) is 5.10 Å². The van der Waals surface area contributed by atoms with Crippen molar-refractivity contribution in [3.05, 3.63) is 64.8 Å². The Bertz CT molecular complexity index is 758. The fraction of sp³-hybridized carbons (Fsp3) is 0.250. The summed E-state index contributed by atoms with van der Waals surface area (Å²) in [7, 11) is 0. The molecular weight excluding hydrogens is 266 g/mol. The van der Waals surface area contributed by atoms with E-state index in [0.29, 0.717) is 6.54 Å². The van der Waals surface area contributed by atoms with Crippen molar-refractivity contribution in [2.75, 3.05) is 6.54 Å². The van der Waals surface area contributed by atoms with Crippen molar-refractivity contribution in [3.8, 4) is 0 Å². The van der Waals surface area contributed by atoms with E-state index in [2.05, 4.69) is 10.4 Å². The van der Waals surface area contributed by atoms with Gasteiger partial charge in [-0.1, -0.05) is 25.1 Å². The van der Waals surface area contributed by atoms with Crippen LogP contribution in [0.25, 0.3) is 11.0 Å². The number of para-hydroxylation sites is 1. The summed E-state index contributed by atoms with van der Waals surface area (Å²) in [5.41, 5.74) is 0.736. The lowest BCUT2D eigenvalue weighted by atomic mass is 10.2. The molecule has 3 aromatic rings. The molecule has 5 heteroatoms. The third-order valence-electron chi connectivity index (χ3n) is 3.38. The maximum atomic E-state index is 11.8. The molecule has 1 atom stereocenters. The molecule has 0 bridgehead atoms. The minimum atomic E-state index is -0.114. The van der Waals surface area contributed by atoms with E-state index in [1.165, 1.54) is 10.7 Å². The van der Waals surface area contributed by atoms with Gasteiger partial charge in [0.1, 0.15) is 11.3 Å². The smallest absolute Gasteiger partial charge is 0.266 e. The number of fused-ring (bicyclic) bond motifs is 1. The zero-order valence-corrected chi connectivity index (χ0v) is 11.8. The number of nitrogens with one attached hydrogen (secondary N) is 1. The van der Waals surface area contributed by atoms with Crippen molar-refractivity contribution in [1.82, 2.24) is 15.1 Å². The second-order valence-electron chi connectivity index (χ2n) is 4.84. The van der Waals surface area contributed by atoms with Crippen LogP contribution in [0, 0.1) is 0 Å². The lowest BCUT2D eigenvalue weighted by Crippen LogP contribution is -2.31. The van der Waals surface area contributed by atoms with Gasteiger partial charge in [0, 0.05) is 17.6 Å². The van der Waals surface area contributed by atoms with Gasteiger partial charge in [-0.3, -0.25) is 4.79 Å². The summed E-state index contributed by atoms with van der Waals surface area (Å²) in [6, 6.07) is 12.9. The molecule has 0 amide bonds. The Balaban J connectivity index is 1.94. The Morgan fingerprint density at radius 1 is 1.29 bits per heavy atom. The average Bonchev–Trinajstić information content (AvgIpc) is 2.93. The van der Waals surface area contributed by atoms with Crippen LogP contribution < -0.4 is 10.9 Å². The van der Waals surface area contributed by atoms with Crippen molar-refractivity contribution in [2.24, 2.45) is 0 Å². The minimum absolute atomic E-state index is 0.0880. The zero-order chi connectivity index (χ0) is 14.7. The first-order chi connectivity index (χ1) is 10.3. The van der Waals surface area contributed by atoms with Crippen LogP contribution in [0.2, 0.25) is 0 Å². The standard InChI is InChI=1S/C16H17N3O2/c1-2-17-13(11-19-16(20)8-5-9-18-19)15-10-12-6-3-4-7-14(12)21-15/h3-10,13,17H,2,11H2,1H3. The van der Waals surface area contributed by atoms with E-state index in [1.807, 2.05) is 37.3 Å². The highest BCUT2D eigenvalue weighted by Crippen LogP contribution is 2.24. The molecule has 0 radical (unpaired) electrons. The van der Waals surface area contributed by atoms with Gasteiger partial charge in [0.15, 0.2) is 0 Å². The number of likely N-dealkylation sites (N-methyl/N-ethyl adjacent to an activating group) is 1. The Hall–Kier alpha value is -2.40. The molecule has 0 saturated heterocycles. The van der Waals surface area contributed by atoms with Crippen LogP contribution in [0.3, 0.4) is 0 Å². The molecule has 0 fully saturated rings. The molecule has 5 nitrogen and oxygen atoms in total. The van der Waals surface area contributed by atoms with Gasteiger partial charge in [-0.05, 0) is 24.7 Å². The van der Waals surface area contributed by atoms with Crippen molar-refractivity contribution in [3.63, 3.8) is 0 Å². The van der Waals surface area contributed by atoms with Crippen molar-refractivity contribution >= 4 is 11.0 Å². The van der Waals surface area contributed by atoms with Crippen LogP contribution >= 0.6 is 0 Å². The van der Waals surface area contributed by atoms with E-state index in [9.17, 15) is 4.79 Å². The normalized spacial score (nSPS) is 12.6. The van der Waals surface area contributed by atoms with Crippen LogP contribution in [-0.2, 0) is 6.54 Å². The number of hydrogen-bond donors (Lipinski definition) is 1. The van der Waals surface area contributed by atoms with E-state index in [4.69, 9.17) is 4.42 Å². The summed E-state index contributed by atoms with van der Waals surface area (Å²) in [6.07, 6.45) is 1.61.